The van der Waals surface area contributed by atoms with Gasteiger partial charge in [0.15, 0.2) is 0 Å². The van der Waals surface area contributed by atoms with Gasteiger partial charge < -0.3 is 10.4 Å². The fourth-order valence-corrected chi connectivity index (χ4v) is 2.53. The minimum Gasteiger partial charge on any atom is -0.505 e. The molecule has 0 spiro atoms. The lowest BCUT2D eigenvalue weighted by molar-refractivity contribution is 0.0918. The topological polar surface area (TPSA) is 62.2 Å². The molecular weight excluding hydrogens is 228 g/mol. The Hall–Kier alpha value is -1.58. The molecule has 0 saturated heterocycles. The molecular formula is C14H20N2O2. The van der Waals surface area contributed by atoms with E-state index in [2.05, 4.69) is 17.2 Å². The van der Waals surface area contributed by atoms with Crippen LogP contribution in [0.1, 0.15) is 49.4 Å². The molecule has 0 aliphatic heterocycles. The molecule has 1 aliphatic rings. The zero-order chi connectivity index (χ0) is 13.0. The van der Waals surface area contributed by atoms with Gasteiger partial charge in [-0.05, 0) is 24.8 Å². The molecule has 4 nitrogen and oxygen atoms in total. The first-order valence-corrected chi connectivity index (χ1v) is 6.62. The van der Waals surface area contributed by atoms with Crippen LogP contribution in [0.2, 0.25) is 0 Å². The number of aromatic nitrogens is 1. The van der Waals surface area contributed by atoms with Gasteiger partial charge in [0.05, 0.1) is 11.8 Å². The molecule has 1 amide bonds. The second kappa shape index (κ2) is 5.85. The zero-order valence-corrected chi connectivity index (χ0v) is 10.7. The van der Waals surface area contributed by atoms with Crippen LogP contribution in [0, 0.1) is 5.92 Å². The number of aromatic hydroxyl groups is 1. The fraction of sp³-hybridized carbons (Fsp3) is 0.571. The summed E-state index contributed by atoms with van der Waals surface area (Å²) in [5.41, 5.74) is 0.307. The highest BCUT2D eigenvalue weighted by Crippen LogP contribution is 2.24. The van der Waals surface area contributed by atoms with E-state index in [1.165, 1.54) is 25.2 Å². The maximum absolute atomic E-state index is 12.1. The van der Waals surface area contributed by atoms with Gasteiger partial charge in [-0.1, -0.05) is 26.2 Å². The van der Waals surface area contributed by atoms with Gasteiger partial charge in [-0.3, -0.25) is 9.78 Å². The average molecular weight is 248 g/mol. The van der Waals surface area contributed by atoms with Crippen molar-refractivity contribution in [1.29, 1.82) is 0 Å². The zero-order valence-electron chi connectivity index (χ0n) is 10.7. The molecule has 4 heteroatoms. The highest BCUT2D eigenvalue weighted by atomic mass is 16.3. The Morgan fingerprint density at radius 1 is 1.39 bits per heavy atom. The van der Waals surface area contributed by atoms with E-state index in [0.29, 0.717) is 11.5 Å². The third-order valence-corrected chi connectivity index (χ3v) is 3.72. The lowest BCUT2D eigenvalue weighted by Gasteiger charge is -2.22. The Kier molecular flexibility index (Phi) is 4.18. The predicted molar refractivity (Wildman–Crippen MR) is 69.4 cm³/mol. The van der Waals surface area contributed by atoms with Gasteiger partial charge in [-0.15, -0.1) is 0 Å². The Bertz CT molecular complexity index is 420. The highest BCUT2D eigenvalue weighted by molar-refractivity contribution is 5.96. The summed E-state index contributed by atoms with van der Waals surface area (Å²) in [4.78, 5) is 15.9. The number of hydrogen-bond donors (Lipinski definition) is 2. The maximum Gasteiger partial charge on any atom is 0.255 e. The van der Waals surface area contributed by atoms with Crippen LogP contribution in [0.4, 0.5) is 0 Å². The van der Waals surface area contributed by atoms with Crippen LogP contribution >= 0.6 is 0 Å². The first-order chi connectivity index (χ1) is 8.68. The van der Waals surface area contributed by atoms with Crippen molar-refractivity contribution in [3.05, 3.63) is 24.0 Å². The lowest BCUT2D eigenvalue weighted by atomic mass is 9.96. The smallest absolute Gasteiger partial charge is 0.255 e. The number of rotatable bonds is 2. The predicted octanol–water partition coefficient (Wildman–Crippen LogP) is 2.49. The standard InChI is InChI=1S/C14H20N2O2/c1-10-5-3-2-4-6-12(10)16-14(18)11-7-8-15-9-13(11)17/h7-10,12,17H,2-6H2,1H3,(H,16,18). The molecule has 0 aromatic carbocycles. The normalized spacial score (nSPS) is 24.3. The largest absolute Gasteiger partial charge is 0.505 e. The van der Waals surface area contributed by atoms with Gasteiger partial charge in [0, 0.05) is 12.2 Å². The van der Waals surface area contributed by atoms with E-state index >= 15 is 0 Å². The van der Waals surface area contributed by atoms with Gasteiger partial charge >= 0.3 is 0 Å². The number of hydrogen-bond acceptors (Lipinski definition) is 3. The van der Waals surface area contributed by atoms with Crippen LogP contribution in [0.15, 0.2) is 18.5 Å². The van der Waals surface area contributed by atoms with E-state index in [1.807, 2.05) is 0 Å². The van der Waals surface area contributed by atoms with Crippen LogP contribution < -0.4 is 5.32 Å². The molecule has 1 aromatic heterocycles. The summed E-state index contributed by atoms with van der Waals surface area (Å²) in [6.45, 7) is 2.18. The first-order valence-electron chi connectivity index (χ1n) is 6.62. The number of nitrogens with zero attached hydrogens (tertiary/aromatic N) is 1. The number of carbonyl (C=O) groups is 1. The molecule has 1 saturated carbocycles. The summed E-state index contributed by atoms with van der Waals surface area (Å²) in [5.74, 6) is 0.241. The fourth-order valence-electron chi connectivity index (χ4n) is 2.53. The second-order valence-corrected chi connectivity index (χ2v) is 5.09. The van der Waals surface area contributed by atoms with Gasteiger partial charge in [0.1, 0.15) is 5.75 Å². The molecule has 2 rings (SSSR count). The van der Waals surface area contributed by atoms with E-state index < -0.39 is 0 Å². The summed E-state index contributed by atoms with van der Waals surface area (Å²) < 4.78 is 0. The van der Waals surface area contributed by atoms with Crippen LogP contribution in [0.5, 0.6) is 5.75 Å². The van der Waals surface area contributed by atoms with Crippen molar-refractivity contribution < 1.29 is 9.90 Å². The second-order valence-electron chi connectivity index (χ2n) is 5.09. The van der Waals surface area contributed by atoms with E-state index in [1.54, 1.807) is 6.07 Å². The molecule has 98 valence electrons. The highest BCUT2D eigenvalue weighted by Gasteiger charge is 2.22. The Balaban J connectivity index is 2.04. The molecule has 2 atom stereocenters. The van der Waals surface area contributed by atoms with Gasteiger partial charge in [0.2, 0.25) is 0 Å². The molecule has 1 aliphatic carbocycles. The summed E-state index contributed by atoms with van der Waals surface area (Å²) in [5, 5.41) is 12.6. The third-order valence-electron chi connectivity index (χ3n) is 3.72. The monoisotopic (exact) mass is 248 g/mol. The van der Waals surface area contributed by atoms with Crippen molar-refractivity contribution in [2.24, 2.45) is 5.92 Å². The minimum absolute atomic E-state index is 0.0590. The van der Waals surface area contributed by atoms with E-state index in [4.69, 9.17) is 0 Å². The third kappa shape index (κ3) is 3.00. The SMILES string of the molecule is CC1CCCCCC1NC(=O)c1ccncc1O. The molecule has 1 heterocycles. The Morgan fingerprint density at radius 3 is 2.94 bits per heavy atom. The van der Waals surface area contributed by atoms with Crippen LogP contribution in [-0.2, 0) is 0 Å². The van der Waals surface area contributed by atoms with Crippen molar-refractivity contribution in [3.8, 4) is 5.75 Å². The molecule has 2 N–H and O–H groups in total. The quantitative estimate of drug-likeness (QED) is 0.790. The van der Waals surface area contributed by atoms with Crippen molar-refractivity contribution in [2.45, 2.75) is 45.1 Å². The Morgan fingerprint density at radius 2 is 2.17 bits per heavy atom. The molecule has 1 aromatic rings. The molecule has 0 bridgehead atoms. The van der Waals surface area contributed by atoms with Gasteiger partial charge in [-0.25, -0.2) is 0 Å². The van der Waals surface area contributed by atoms with Crippen LogP contribution in [0.25, 0.3) is 0 Å². The van der Waals surface area contributed by atoms with E-state index in [0.717, 1.165) is 19.3 Å². The molecule has 1 fully saturated rings. The molecule has 0 radical (unpaired) electrons. The summed E-state index contributed by atoms with van der Waals surface area (Å²) >= 11 is 0. The van der Waals surface area contributed by atoms with Crippen molar-refractivity contribution in [3.63, 3.8) is 0 Å². The number of pyridine rings is 1. The average Bonchev–Trinajstić information content (AvgIpc) is 2.55. The van der Waals surface area contributed by atoms with Crippen LogP contribution in [-0.4, -0.2) is 22.0 Å². The van der Waals surface area contributed by atoms with Gasteiger partial charge in [0.25, 0.3) is 5.91 Å². The number of carbonyl (C=O) groups excluding carboxylic acids is 1. The van der Waals surface area contributed by atoms with Crippen molar-refractivity contribution in [2.75, 3.05) is 0 Å². The molecule has 2 unspecified atom stereocenters. The number of amides is 1. The summed E-state index contributed by atoms with van der Waals surface area (Å²) in [7, 11) is 0. The van der Waals surface area contributed by atoms with E-state index in [9.17, 15) is 9.90 Å². The molecule has 18 heavy (non-hydrogen) atoms. The Labute approximate surface area is 107 Å². The van der Waals surface area contributed by atoms with Crippen molar-refractivity contribution >= 4 is 5.91 Å². The van der Waals surface area contributed by atoms with Crippen LogP contribution in [0.3, 0.4) is 0 Å². The summed E-state index contributed by atoms with van der Waals surface area (Å²) in [6, 6.07) is 1.76. The van der Waals surface area contributed by atoms with Crippen molar-refractivity contribution in [1.82, 2.24) is 10.3 Å². The maximum atomic E-state index is 12.1. The first kappa shape index (κ1) is 12.9. The van der Waals surface area contributed by atoms with E-state index in [-0.39, 0.29) is 17.7 Å². The number of nitrogens with one attached hydrogen (secondary N) is 1. The minimum atomic E-state index is -0.200. The van der Waals surface area contributed by atoms with Gasteiger partial charge in [-0.2, -0.15) is 0 Å². The lowest BCUT2D eigenvalue weighted by Crippen LogP contribution is -2.38. The summed E-state index contributed by atoms with van der Waals surface area (Å²) in [6.07, 6.45) is 8.66.